The third-order valence-electron chi connectivity index (χ3n) is 3.13. The second kappa shape index (κ2) is 8.98. The highest BCUT2D eigenvalue weighted by atomic mass is 35.5. The monoisotopic (exact) mass is 416 g/mol. The number of hydrogen-bond donors (Lipinski definition) is 1. The Balaban J connectivity index is 2.29. The zero-order valence-corrected chi connectivity index (χ0v) is 16.4. The summed E-state index contributed by atoms with van der Waals surface area (Å²) in [4.78, 5) is 11.2. The predicted octanol–water partition coefficient (Wildman–Crippen LogP) is 5.04. The molecule has 0 aliphatic rings. The number of rotatable bonds is 6. The van der Waals surface area contributed by atoms with Crippen LogP contribution in [-0.2, 0) is 4.79 Å². The predicted molar refractivity (Wildman–Crippen MR) is 104 cm³/mol. The maximum absolute atomic E-state index is 11.2. The van der Waals surface area contributed by atoms with Gasteiger partial charge in [0.05, 0.1) is 36.2 Å². The highest BCUT2D eigenvalue weighted by Crippen LogP contribution is 2.38. The standard InChI is InChI=1S/C17H15Cl3N2O4/c1-9(23)26-17-14(24-2)4-10(5-15(17)25-3)8-21-22-16-12(19)6-11(18)7-13(16)20/h4-8,22H,1-3H3. The van der Waals surface area contributed by atoms with Crippen LogP contribution in [0.1, 0.15) is 12.5 Å². The molecule has 0 fully saturated rings. The number of carbonyl (C=O) groups excluding carboxylic acids is 1. The number of nitrogens with zero attached hydrogens (tertiary/aromatic N) is 1. The SMILES string of the molecule is COc1cc(C=NNc2c(Cl)cc(Cl)cc2Cl)cc(OC)c1OC(C)=O. The first kappa shape index (κ1) is 20.2. The van der Waals surface area contributed by atoms with Gasteiger partial charge in [-0.3, -0.25) is 10.2 Å². The highest BCUT2D eigenvalue weighted by Gasteiger charge is 2.15. The molecule has 0 atom stereocenters. The molecule has 0 saturated heterocycles. The van der Waals surface area contributed by atoms with Gasteiger partial charge in [-0.25, -0.2) is 0 Å². The molecule has 0 bridgehead atoms. The van der Waals surface area contributed by atoms with E-state index in [1.54, 1.807) is 24.3 Å². The van der Waals surface area contributed by atoms with Crippen LogP contribution in [0.2, 0.25) is 15.1 Å². The maximum atomic E-state index is 11.2. The Hall–Kier alpha value is -2.15. The number of methoxy groups -OCH3 is 2. The van der Waals surface area contributed by atoms with Crippen molar-refractivity contribution in [3.05, 3.63) is 44.9 Å². The summed E-state index contributed by atoms with van der Waals surface area (Å²) in [6.07, 6.45) is 1.50. The molecule has 0 radical (unpaired) electrons. The molecular weight excluding hydrogens is 403 g/mol. The van der Waals surface area contributed by atoms with Crippen molar-refractivity contribution in [1.82, 2.24) is 0 Å². The molecule has 9 heteroatoms. The van der Waals surface area contributed by atoms with E-state index in [1.807, 2.05) is 0 Å². The normalized spacial score (nSPS) is 10.7. The quantitative estimate of drug-likeness (QED) is 0.309. The first-order valence-electron chi connectivity index (χ1n) is 7.23. The smallest absolute Gasteiger partial charge is 0.308 e. The van der Waals surface area contributed by atoms with E-state index in [1.165, 1.54) is 27.4 Å². The van der Waals surface area contributed by atoms with Gasteiger partial charge in [-0.05, 0) is 24.3 Å². The molecule has 0 unspecified atom stereocenters. The Bertz CT molecular complexity index is 808. The topological polar surface area (TPSA) is 69.2 Å². The van der Waals surface area contributed by atoms with Gasteiger partial charge in [0.1, 0.15) is 0 Å². The molecule has 0 saturated carbocycles. The second-order valence-corrected chi connectivity index (χ2v) is 6.21. The van der Waals surface area contributed by atoms with Gasteiger partial charge in [0.15, 0.2) is 11.5 Å². The summed E-state index contributed by atoms with van der Waals surface area (Å²) in [6, 6.07) is 6.37. The van der Waals surface area contributed by atoms with E-state index >= 15 is 0 Å². The fourth-order valence-corrected chi connectivity index (χ4v) is 2.94. The van der Waals surface area contributed by atoms with Crippen molar-refractivity contribution in [1.29, 1.82) is 0 Å². The molecule has 6 nitrogen and oxygen atoms in total. The minimum Gasteiger partial charge on any atom is -0.493 e. The van der Waals surface area contributed by atoms with E-state index in [0.29, 0.717) is 37.8 Å². The van der Waals surface area contributed by atoms with Gasteiger partial charge in [-0.15, -0.1) is 0 Å². The molecule has 2 rings (SSSR count). The lowest BCUT2D eigenvalue weighted by Gasteiger charge is -2.13. The van der Waals surface area contributed by atoms with Gasteiger partial charge >= 0.3 is 5.97 Å². The van der Waals surface area contributed by atoms with Gasteiger partial charge in [-0.1, -0.05) is 34.8 Å². The first-order valence-corrected chi connectivity index (χ1v) is 8.37. The van der Waals surface area contributed by atoms with Crippen LogP contribution >= 0.6 is 34.8 Å². The van der Waals surface area contributed by atoms with Gasteiger partial charge < -0.3 is 14.2 Å². The van der Waals surface area contributed by atoms with Gasteiger partial charge in [0.25, 0.3) is 0 Å². The van der Waals surface area contributed by atoms with Crippen LogP contribution in [-0.4, -0.2) is 26.4 Å². The molecule has 0 amide bonds. The summed E-state index contributed by atoms with van der Waals surface area (Å²) in [5.41, 5.74) is 3.81. The summed E-state index contributed by atoms with van der Waals surface area (Å²) >= 11 is 18.0. The number of anilines is 1. The molecule has 0 aromatic heterocycles. The summed E-state index contributed by atoms with van der Waals surface area (Å²) in [5.74, 6) is 0.347. The van der Waals surface area contributed by atoms with Crippen molar-refractivity contribution in [3.63, 3.8) is 0 Å². The highest BCUT2D eigenvalue weighted by molar-refractivity contribution is 6.41. The lowest BCUT2D eigenvalue weighted by molar-refractivity contribution is -0.132. The molecule has 2 aromatic rings. The van der Waals surface area contributed by atoms with Crippen LogP contribution in [0.15, 0.2) is 29.4 Å². The van der Waals surface area contributed by atoms with Crippen LogP contribution in [0.25, 0.3) is 0 Å². The van der Waals surface area contributed by atoms with Crippen molar-refractivity contribution in [2.24, 2.45) is 5.10 Å². The van der Waals surface area contributed by atoms with Gasteiger partial charge in [0.2, 0.25) is 5.75 Å². The van der Waals surface area contributed by atoms with Gasteiger partial charge in [0, 0.05) is 17.5 Å². The number of esters is 1. The van der Waals surface area contributed by atoms with Crippen LogP contribution in [0.4, 0.5) is 5.69 Å². The fourth-order valence-electron chi connectivity index (χ4n) is 2.04. The van der Waals surface area contributed by atoms with E-state index in [0.717, 1.165) is 0 Å². The zero-order valence-electron chi connectivity index (χ0n) is 14.1. The number of ether oxygens (including phenoxy) is 3. The van der Waals surface area contributed by atoms with E-state index in [2.05, 4.69) is 10.5 Å². The first-order chi connectivity index (χ1) is 12.3. The number of hydrazone groups is 1. The number of benzene rings is 2. The minimum atomic E-state index is -0.489. The van der Waals surface area contributed by atoms with Crippen molar-refractivity contribution >= 4 is 52.7 Å². The molecule has 2 aromatic carbocycles. The van der Waals surface area contributed by atoms with Gasteiger partial charge in [-0.2, -0.15) is 5.10 Å². The Kier molecular flexibility index (Phi) is 6.97. The Morgan fingerprint density at radius 3 is 2.04 bits per heavy atom. The minimum absolute atomic E-state index is 0.191. The van der Waals surface area contributed by atoms with Crippen molar-refractivity contribution in [2.45, 2.75) is 6.92 Å². The average Bonchev–Trinajstić information content (AvgIpc) is 2.57. The van der Waals surface area contributed by atoms with Crippen molar-refractivity contribution in [3.8, 4) is 17.2 Å². The molecule has 138 valence electrons. The maximum Gasteiger partial charge on any atom is 0.308 e. The summed E-state index contributed by atoms with van der Waals surface area (Å²) < 4.78 is 15.6. The van der Waals surface area contributed by atoms with Crippen molar-refractivity contribution < 1.29 is 19.0 Å². The largest absolute Gasteiger partial charge is 0.493 e. The van der Waals surface area contributed by atoms with Crippen LogP contribution < -0.4 is 19.6 Å². The van der Waals surface area contributed by atoms with Crippen LogP contribution in [0.3, 0.4) is 0 Å². The summed E-state index contributed by atoms with van der Waals surface area (Å²) in [7, 11) is 2.91. The Morgan fingerprint density at radius 1 is 1.04 bits per heavy atom. The molecule has 0 spiro atoms. The number of halogens is 3. The third kappa shape index (κ3) is 4.94. The third-order valence-corrected chi connectivity index (χ3v) is 3.94. The molecule has 1 N–H and O–H groups in total. The molecule has 26 heavy (non-hydrogen) atoms. The Labute approximate surface area is 165 Å². The summed E-state index contributed by atoms with van der Waals surface area (Å²) in [5, 5.41) is 5.19. The number of hydrogen-bond acceptors (Lipinski definition) is 6. The fraction of sp³-hybridized carbons (Fsp3) is 0.176. The molecule has 0 aliphatic heterocycles. The molecule has 0 heterocycles. The molecular formula is C17H15Cl3N2O4. The van der Waals surface area contributed by atoms with Crippen LogP contribution in [0, 0.1) is 0 Å². The zero-order chi connectivity index (χ0) is 19.3. The number of nitrogens with one attached hydrogen (secondary N) is 1. The second-order valence-electron chi connectivity index (χ2n) is 4.96. The summed E-state index contributed by atoms with van der Waals surface area (Å²) in [6.45, 7) is 1.29. The molecule has 0 aliphatic carbocycles. The Morgan fingerprint density at radius 2 is 1.58 bits per heavy atom. The van der Waals surface area contributed by atoms with E-state index in [4.69, 9.17) is 49.0 Å². The number of carbonyl (C=O) groups is 1. The lowest BCUT2D eigenvalue weighted by Crippen LogP contribution is -2.05. The lowest BCUT2D eigenvalue weighted by atomic mass is 10.2. The average molecular weight is 418 g/mol. The van der Waals surface area contributed by atoms with Crippen molar-refractivity contribution in [2.75, 3.05) is 19.6 Å². The van der Waals surface area contributed by atoms with E-state index in [9.17, 15) is 4.79 Å². The van der Waals surface area contributed by atoms with E-state index < -0.39 is 5.97 Å². The van der Waals surface area contributed by atoms with Crippen LogP contribution in [0.5, 0.6) is 17.2 Å². The van der Waals surface area contributed by atoms with E-state index in [-0.39, 0.29) is 5.75 Å².